The van der Waals surface area contributed by atoms with Gasteiger partial charge in [-0.1, -0.05) is 0 Å². The van der Waals surface area contributed by atoms with E-state index < -0.39 is 0 Å². The summed E-state index contributed by atoms with van der Waals surface area (Å²) in [6.07, 6.45) is 0.631. The SMILES string of the molecule is CC#CCCNC(=O)c1n[nH]c(C)c1N. The molecule has 5 heteroatoms. The Bertz CT molecular complexity index is 411. The molecule has 0 fully saturated rings. The van der Waals surface area contributed by atoms with Crippen LogP contribution in [0.2, 0.25) is 0 Å². The molecule has 1 aromatic heterocycles. The van der Waals surface area contributed by atoms with Crippen LogP contribution in [0, 0.1) is 18.8 Å². The third-order valence-corrected chi connectivity index (χ3v) is 1.92. The van der Waals surface area contributed by atoms with Gasteiger partial charge < -0.3 is 11.1 Å². The molecule has 1 rings (SSSR count). The Balaban J connectivity index is 2.53. The van der Waals surface area contributed by atoms with Gasteiger partial charge in [0.05, 0.1) is 11.4 Å². The second-order valence-electron chi connectivity index (χ2n) is 3.04. The standard InChI is InChI=1S/C10H14N4O/c1-3-4-5-6-12-10(15)9-8(11)7(2)13-14-9/h5-6,11H2,1-2H3,(H,12,15)(H,13,14). The van der Waals surface area contributed by atoms with Gasteiger partial charge in [-0.05, 0) is 13.8 Å². The first-order valence-electron chi connectivity index (χ1n) is 4.65. The molecule has 5 nitrogen and oxygen atoms in total. The lowest BCUT2D eigenvalue weighted by molar-refractivity contribution is 0.0950. The van der Waals surface area contributed by atoms with Gasteiger partial charge in [-0.25, -0.2) is 0 Å². The van der Waals surface area contributed by atoms with Gasteiger partial charge in [-0.2, -0.15) is 5.10 Å². The summed E-state index contributed by atoms with van der Waals surface area (Å²) in [5.41, 5.74) is 7.00. The molecule has 0 spiro atoms. The van der Waals surface area contributed by atoms with Crippen molar-refractivity contribution in [2.75, 3.05) is 12.3 Å². The molecular formula is C10H14N4O. The van der Waals surface area contributed by atoms with Gasteiger partial charge in [0.25, 0.3) is 5.91 Å². The van der Waals surface area contributed by atoms with Crippen molar-refractivity contribution in [2.24, 2.45) is 0 Å². The Hall–Kier alpha value is -1.96. The lowest BCUT2D eigenvalue weighted by Crippen LogP contribution is -2.25. The Morgan fingerprint density at radius 3 is 2.93 bits per heavy atom. The Labute approximate surface area is 88.4 Å². The summed E-state index contributed by atoms with van der Waals surface area (Å²) < 4.78 is 0. The van der Waals surface area contributed by atoms with Crippen molar-refractivity contribution in [3.8, 4) is 11.8 Å². The predicted molar refractivity (Wildman–Crippen MR) is 58.1 cm³/mol. The van der Waals surface area contributed by atoms with E-state index in [9.17, 15) is 4.79 Å². The minimum absolute atomic E-state index is 0.247. The van der Waals surface area contributed by atoms with E-state index in [2.05, 4.69) is 27.4 Å². The fourth-order valence-corrected chi connectivity index (χ4v) is 1.06. The van der Waals surface area contributed by atoms with Crippen LogP contribution < -0.4 is 11.1 Å². The molecule has 1 heterocycles. The van der Waals surface area contributed by atoms with Crippen molar-refractivity contribution < 1.29 is 4.79 Å². The molecule has 0 aromatic carbocycles. The molecule has 0 aliphatic heterocycles. The molecular weight excluding hydrogens is 192 g/mol. The van der Waals surface area contributed by atoms with Crippen molar-refractivity contribution >= 4 is 11.6 Å². The maximum atomic E-state index is 11.5. The smallest absolute Gasteiger partial charge is 0.273 e. The Kier molecular flexibility index (Phi) is 3.75. The Morgan fingerprint density at radius 2 is 2.40 bits per heavy atom. The molecule has 0 atom stereocenters. The molecule has 15 heavy (non-hydrogen) atoms. The monoisotopic (exact) mass is 206 g/mol. The van der Waals surface area contributed by atoms with E-state index in [0.717, 1.165) is 0 Å². The topological polar surface area (TPSA) is 83.8 Å². The molecule has 0 unspecified atom stereocenters. The average molecular weight is 206 g/mol. The fourth-order valence-electron chi connectivity index (χ4n) is 1.06. The number of H-pyrrole nitrogens is 1. The van der Waals surface area contributed by atoms with Gasteiger partial charge in [-0.15, -0.1) is 11.8 Å². The molecule has 1 aromatic rings. The van der Waals surface area contributed by atoms with Crippen LogP contribution in [0.25, 0.3) is 0 Å². The number of amides is 1. The van der Waals surface area contributed by atoms with Crippen LogP contribution >= 0.6 is 0 Å². The lowest BCUT2D eigenvalue weighted by atomic mass is 10.3. The summed E-state index contributed by atoms with van der Waals surface area (Å²) in [4.78, 5) is 11.5. The van der Waals surface area contributed by atoms with E-state index in [1.807, 2.05) is 0 Å². The number of carbonyl (C=O) groups is 1. The second kappa shape index (κ2) is 5.05. The van der Waals surface area contributed by atoms with Crippen LogP contribution in [-0.4, -0.2) is 22.6 Å². The third kappa shape index (κ3) is 2.74. The molecule has 0 aliphatic rings. The summed E-state index contributed by atoms with van der Waals surface area (Å²) in [5.74, 6) is 5.33. The first-order valence-corrected chi connectivity index (χ1v) is 4.65. The number of nitrogens with two attached hydrogens (primary N) is 1. The van der Waals surface area contributed by atoms with Gasteiger partial charge in [-0.3, -0.25) is 9.89 Å². The third-order valence-electron chi connectivity index (χ3n) is 1.92. The van der Waals surface area contributed by atoms with Crippen LogP contribution in [0.5, 0.6) is 0 Å². The van der Waals surface area contributed by atoms with Crippen LogP contribution in [0.15, 0.2) is 0 Å². The summed E-state index contributed by atoms with van der Waals surface area (Å²) in [5, 5.41) is 9.16. The van der Waals surface area contributed by atoms with Gasteiger partial charge in [0, 0.05) is 13.0 Å². The van der Waals surface area contributed by atoms with Gasteiger partial charge in [0.2, 0.25) is 0 Å². The van der Waals surface area contributed by atoms with Gasteiger partial charge in [0.15, 0.2) is 5.69 Å². The molecule has 80 valence electrons. The van der Waals surface area contributed by atoms with E-state index >= 15 is 0 Å². The van der Waals surface area contributed by atoms with Gasteiger partial charge in [0.1, 0.15) is 0 Å². The molecule has 0 saturated heterocycles. The highest BCUT2D eigenvalue weighted by Gasteiger charge is 2.13. The van der Waals surface area contributed by atoms with E-state index in [1.165, 1.54) is 0 Å². The Morgan fingerprint density at radius 1 is 1.67 bits per heavy atom. The molecule has 0 radical (unpaired) electrons. The van der Waals surface area contributed by atoms with Crippen LogP contribution in [0.3, 0.4) is 0 Å². The highest BCUT2D eigenvalue weighted by molar-refractivity contribution is 5.97. The molecule has 0 bridgehead atoms. The van der Waals surface area contributed by atoms with Crippen LogP contribution in [0.4, 0.5) is 5.69 Å². The van der Waals surface area contributed by atoms with E-state index in [4.69, 9.17) is 5.73 Å². The molecule has 1 amide bonds. The highest BCUT2D eigenvalue weighted by atomic mass is 16.1. The first kappa shape index (κ1) is 11.1. The zero-order valence-corrected chi connectivity index (χ0v) is 8.85. The van der Waals surface area contributed by atoms with Crippen molar-refractivity contribution in [2.45, 2.75) is 20.3 Å². The number of hydrogen-bond acceptors (Lipinski definition) is 3. The average Bonchev–Trinajstić information content (AvgIpc) is 2.55. The summed E-state index contributed by atoms with van der Waals surface area (Å²) in [6.45, 7) is 4.03. The number of hydrogen-bond donors (Lipinski definition) is 3. The number of nitrogens with zero attached hydrogens (tertiary/aromatic N) is 1. The van der Waals surface area contributed by atoms with E-state index in [-0.39, 0.29) is 11.6 Å². The number of aromatic nitrogens is 2. The summed E-state index contributed by atoms with van der Waals surface area (Å²) in [7, 11) is 0. The zero-order valence-electron chi connectivity index (χ0n) is 8.85. The van der Waals surface area contributed by atoms with Gasteiger partial charge >= 0.3 is 0 Å². The fraction of sp³-hybridized carbons (Fsp3) is 0.400. The normalized spacial score (nSPS) is 9.20. The highest BCUT2D eigenvalue weighted by Crippen LogP contribution is 2.11. The quantitative estimate of drug-likeness (QED) is 0.495. The number of nitrogen functional groups attached to an aromatic ring is 1. The molecule has 4 N–H and O–H groups in total. The molecule has 0 saturated carbocycles. The predicted octanol–water partition coefficient (Wildman–Crippen LogP) is 0.444. The largest absolute Gasteiger partial charge is 0.395 e. The molecule has 0 aliphatic carbocycles. The zero-order chi connectivity index (χ0) is 11.3. The van der Waals surface area contributed by atoms with Crippen molar-refractivity contribution in [3.63, 3.8) is 0 Å². The minimum Gasteiger partial charge on any atom is -0.395 e. The number of nitrogens with one attached hydrogen (secondary N) is 2. The first-order chi connectivity index (χ1) is 7.16. The van der Waals surface area contributed by atoms with Crippen LogP contribution in [0.1, 0.15) is 29.5 Å². The summed E-state index contributed by atoms with van der Waals surface area (Å²) in [6, 6.07) is 0. The number of rotatable bonds is 3. The second-order valence-corrected chi connectivity index (χ2v) is 3.04. The summed E-state index contributed by atoms with van der Waals surface area (Å²) >= 11 is 0. The van der Waals surface area contributed by atoms with Crippen LogP contribution in [-0.2, 0) is 0 Å². The number of anilines is 1. The lowest BCUT2D eigenvalue weighted by Gasteiger charge is -2.00. The number of aryl methyl sites for hydroxylation is 1. The van der Waals surface area contributed by atoms with Crippen molar-refractivity contribution in [1.82, 2.24) is 15.5 Å². The van der Waals surface area contributed by atoms with Crippen molar-refractivity contribution in [3.05, 3.63) is 11.4 Å². The number of aromatic amines is 1. The number of carbonyl (C=O) groups excluding carboxylic acids is 1. The van der Waals surface area contributed by atoms with E-state index in [0.29, 0.717) is 24.3 Å². The van der Waals surface area contributed by atoms with E-state index in [1.54, 1.807) is 13.8 Å². The maximum absolute atomic E-state index is 11.5. The maximum Gasteiger partial charge on any atom is 0.273 e. The van der Waals surface area contributed by atoms with Crippen molar-refractivity contribution in [1.29, 1.82) is 0 Å². The minimum atomic E-state index is -0.269.